The minimum absolute atomic E-state index is 0.206. The molecule has 4 atom stereocenters. The lowest BCUT2D eigenvalue weighted by Crippen LogP contribution is -2.45. The topological polar surface area (TPSA) is 332 Å². The fraction of sp³-hybridized carbons (Fsp3) is 0.298. The van der Waals surface area contributed by atoms with E-state index in [-0.39, 0.29) is 34.4 Å². The molecule has 17 rings (SSSR count). The fourth-order valence-electron chi connectivity index (χ4n) is 15.5. The van der Waals surface area contributed by atoms with E-state index >= 15 is 0 Å². The highest BCUT2D eigenvalue weighted by molar-refractivity contribution is 9.11. The van der Waals surface area contributed by atoms with Gasteiger partial charge in [0.25, 0.3) is 0 Å². The molecule has 0 bridgehead atoms. The third-order valence-electron chi connectivity index (χ3n) is 21.5. The van der Waals surface area contributed by atoms with Gasteiger partial charge in [0.05, 0.1) is 9.80 Å². The SMILES string of the molecule is CC(C)(C)OO.FC(F)(F)Oc1ccc(C2(c3cccc(Br)c3)NC(=S)N3CCCCN=C32)cc1.FC(F)(F)Oc1ccc(C2(c3cccc(Br)c3)NC(=S)SC2=S)cc1.NC1=NC(c2ccc(OC(F)(F)F)cc2)(c2cccc(-c3cccnc3F)c2)C2=NCCCCN12.NC1=NC(c2ccc(OC(F)(F)F)cc2)(c2cccc(Br)c2)C2=NCCCCN12.NCCCCN.OB(O)c1cccnc1F. The molecule has 10 aromatic rings. The number of guanidine groups is 2. The van der Waals surface area contributed by atoms with Gasteiger partial charge in [0.15, 0.2) is 28.1 Å². The maximum absolute atomic E-state index is 14.5. The number of halogens is 17. The summed E-state index contributed by atoms with van der Waals surface area (Å²) in [6.07, 6.45) is -8.79. The van der Waals surface area contributed by atoms with Crippen LogP contribution in [0.3, 0.4) is 0 Å². The number of rotatable bonds is 17. The van der Waals surface area contributed by atoms with Gasteiger partial charge in [0.2, 0.25) is 11.9 Å². The van der Waals surface area contributed by atoms with Crippen molar-refractivity contribution < 1.29 is 101 Å². The van der Waals surface area contributed by atoms with Crippen LogP contribution in [0.2, 0.25) is 0 Å². The van der Waals surface area contributed by atoms with E-state index in [1.165, 1.54) is 97.0 Å². The molecule has 4 unspecified atom stereocenters. The maximum atomic E-state index is 14.5. The van der Waals surface area contributed by atoms with Crippen LogP contribution in [0.1, 0.15) is 117 Å². The number of hydrogen-bond donors (Lipinski definition) is 9. The van der Waals surface area contributed by atoms with Crippen LogP contribution >= 0.6 is 96.2 Å². The van der Waals surface area contributed by atoms with Crippen LogP contribution in [0.25, 0.3) is 11.1 Å². The van der Waals surface area contributed by atoms with Gasteiger partial charge in [0, 0.05) is 76.1 Å². The zero-order valence-electron chi connectivity index (χ0n) is 74.6. The van der Waals surface area contributed by atoms with Gasteiger partial charge in [-0.05, 0) is 257 Å². The van der Waals surface area contributed by atoms with Crippen molar-refractivity contribution in [2.45, 2.75) is 125 Å². The van der Waals surface area contributed by atoms with Gasteiger partial charge in [-0.3, -0.25) is 30.0 Å². The second-order valence-electron chi connectivity index (χ2n) is 32.3. The van der Waals surface area contributed by atoms with E-state index in [4.69, 9.17) is 99.9 Å². The highest BCUT2D eigenvalue weighted by Crippen LogP contribution is 2.48. The Balaban J connectivity index is 0.000000167. The standard InChI is InChI=1S/C25H21F4N5O.C20H18BrF3N4O.C20H17BrF3N3OS.C16H9BrF3NOS3.C5H5BFNO2.C4H12N2.C4H10O2/c26-21-20(7-4-13-31-21)16-5-3-6-18(15-16)24(17-8-10-19(11-9-17)35-25(27,28)29)22-32-12-1-2-14-34(22)23(30)33-24;21-15-5-3-4-14(12-15)19(13-6-8-16(9-7-13)29-20(22,23)24)17-26-10-1-2-11-28(17)18(25)27-19;21-15-5-3-4-14(12-15)19(13-6-8-16(9-7-13)28-20(22,23)24)17-25-10-1-2-11-27(17)18(29)26-19;17-11-3-1-2-10(8-11)15(13(23)25-14(24)21-15)9-4-6-12(7-5-9)22-16(18,19)20;7-5-4(6(9)10)2-1-3-8-5;5-3-1-2-4-6;1-4(2,3)6-5/h3-11,13,15H,1-2,12,14H2,(H2,30,33);3-9,12H,1-2,10-11H2,(H2,25,27);3-9,12H,1-2,10-11H2,(H,26,29);1-8H,(H,21,24);1-3,9-10H;1-6H2;5H,1-3H3. The highest BCUT2D eigenvalue weighted by atomic mass is 79.9. The van der Waals surface area contributed by atoms with Gasteiger partial charge in [-0.25, -0.2) is 24.8 Å². The molecular formula is C94H92BBr3F14N16O8S4. The molecule has 7 aliphatic heterocycles. The van der Waals surface area contributed by atoms with Gasteiger partial charge in [-0.1, -0.05) is 193 Å². The molecule has 9 heterocycles. The number of ether oxygens (including phenoxy) is 4. The lowest BCUT2D eigenvalue weighted by molar-refractivity contribution is -0.306. The summed E-state index contributed by atoms with van der Waals surface area (Å²) in [5.74, 6) is -0.0187. The Hall–Kier alpha value is -10.9. The Kier molecular flexibility index (Phi) is 37.4. The van der Waals surface area contributed by atoms with E-state index in [0.29, 0.717) is 97.4 Å². The molecule has 2 saturated heterocycles. The fourth-order valence-corrected chi connectivity index (χ4v) is 18.9. The number of aliphatic imine (C=N–C) groups is 5. The van der Waals surface area contributed by atoms with E-state index in [0.717, 1.165) is 113 Å². The van der Waals surface area contributed by atoms with Crippen LogP contribution in [0, 0.1) is 11.9 Å². The number of thioether (sulfide) groups is 1. The van der Waals surface area contributed by atoms with Gasteiger partial charge in [-0.15, -0.1) is 52.7 Å². The summed E-state index contributed by atoms with van der Waals surface area (Å²) < 4.78 is 197. The van der Waals surface area contributed by atoms with E-state index in [2.05, 4.69) is 92.2 Å². The number of alkyl halides is 12. The second kappa shape index (κ2) is 47.8. The van der Waals surface area contributed by atoms with Crippen molar-refractivity contribution in [3.05, 3.63) is 301 Å². The lowest BCUT2D eigenvalue weighted by Gasteiger charge is -2.31. The molecule has 0 saturated carbocycles. The molecule has 7 aliphatic rings. The number of benzene rings is 8. The summed E-state index contributed by atoms with van der Waals surface area (Å²) in [4.78, 5) is 40.6. The number of nitrogens with one attached hydrogen (secondary N) is 2. The predicted molar refractivity (Wildman–Crippen MR) is 532 cm³/mol. The van der Waals surface area contributed by atoms with Crippen LogP contribution in [0.5, 0.6) is 23.0 Å². The summed E-state index contributed by atoms with van der Waals surface area (Å²) in [6.45, 7) is 10.8. The van der Waals surface area contributed by atoms with Gasteiger partial charge in [0.1, 0.15) is 55.9 Å². The summed E-state index contributed by atoms with van der Waals surface area (Å²) in [5, 5.41) is 32.0. The van der Waals surface area contributed by atoms with Crippen molar-refractivity contribution in [3.8, 4) is 34.1 Å². The van der Waals surface area contributed by atoms with Crippen molar-refractivity contribution >= 4 is 152 Å². The third-order valence-corrected chi connectivity index (χ3v) is 25.0. The number of nitrogens with zero attached hydrogens (tertiary/aromatic N) is 10. The second-order valence-corrected chi connectivity index (χ2v) is 37.8. The first-order valence-electron chi connectivity index (χ1n) is 43.0. The van der Waals surface area contributed by atoms with Crippen molar-refractivity contribution in [2.75, 3.05) is 52.4 Å². The monoisotopic (exact) mass is 2210 g/mol. The molecule has 742 valence electrons. The van der Waals surface area contributed by atoms with Crippen LogP contribution in [-0.2, 0) is 27.0 Å². The van der Waals surface area contributed by atoms with Crippen LogP contribution < -0.4 is 58.0 Å². The Morgan fingerprint density at radius 3 is 1.16 bits per heavy atom. The molecule has 24 nitrogen and oxygen atoms in total. The first-order valence-corrected chi connectivity index (χ1v) is 47.4. The number of hydrogen-bond acceptors (Lipinski definition) is 25. The molecule has 2 aromatic heterocycles. The molecule has 8 aromatic carbocycles. The smallest absolute Gasteiger partial charge is 0.423 e. The van der Waals surface area contributed by atoms with E-state index < -0.39 is 72.2 Å². The normalized spacial score (nSPS) is 19.3. The molecular weight excluding hydrogens is 2130 g/mol. The minimum atomic E-state index is -4.81. The molecule has 0 aliphatic carbocycles. The number of unbranched alkanes of at least 4 members (excludes halogenated alkanes) is 1. The molecule has 13 N–H and O–H groups in total. The van der Waals surface area contributed by atoms with E-state index in [1.54, 1.807) is 87.5 Å². The molecule has 140 heavy (non-hydrogen) atoms. The zero-order chi connectivity index (χ0) is 102. The number of amidine groups is 3. The number of nitrogens with two attached hydrogens (primary N) is 4. The third kappa shape index (κ3) is 27.9. The molecule has 46 heteroatoms. The van der Waals surface area contributed by atoms with Crippen LogP contribution in [0.15, 0.2) is 269 Å². The molecule has 0 radical (unpaired) electrons. The van der Waals surface area contributed by atoms with Crippen molar-refractivity contribution in [2.24, 2.45) is 47.9 Å². The van der Waals surface area contributed by atoms with Gasteiger partial charge >= 0.3 is 32.6 Å². The molecule has 2 fully saturated rings. The van der Waals surface area contributed by atoms with Crippen molar-refractivity contribution in [1.82, 2.24) is 35.3 Å². The summed E-state index contributed by atoms with van der Waals surface area (Å²) in [6, 6.07) is 58.7. The highest BCUT2D eigenvalue weighted by Gasteiger charge is 2.54. The van der Waals surface area contributed by atoms with Crippen LogP contribution in [-0.4, -0.2) is 174 Å². The Labute approximate surface area is 842 Å². The zero-order valence-corrected chi connectivity index (χ0v) is 82.6. The van der Waals surface area contributed by atoms with E-state index in [9.17, 15) is 61.5 Å². The van der Waals surface area contributed by atoms with Crippen LogP contribution in [0.4, 0.5) is 61.5 Å². The predicted octanol–water partition coefficient (Wildman–Crippen LogP) is 19.6. The number of fused-ring (bicyclic) bond motifs is 3. The average Bonchev–Trinajstić information content (AvgIpc) is 1.57. The number of thiocarbonyl (C=S) groups is 3. The van der Waals surface area contributed by atoms with Crippen molar-refractivity contribution in [3.63, 3.8) is 0 Å². The van der Waals surface area contributed by atoms with E-state index in [1.807, 2.05) is 93.6 Å². The molecule has 0 amide bonds. The van der Waals surface area contributed by atoms with Crippen molar-refractivity contribution in [1.29, 1.82) is 0 Å². The minimum Gasteiger partial charge on any atom is -0.423 e. The summed E-state index contributed by atoms with van der Waals surface area (Å²) in [7, 11) is -1.78. The lowest BCUT2D eigenvalue weighted by atomic mass is 9.81. The Bertz CT molecular complexity index is 6120. The summed E-state index contributed by atoms with van der Waals surface area (Å²) >= 11 is 28.1. The first-order chi connectivity index (χ1) is 66.3. The Morgan fingerprint density at radius 2 is 0.793 bits per heavy atom. The number of pyridine rings is 2. The first kappa shape index (κ1) is 110. The average molecular weight is 2220 g/mol. The Morgan fingerprint density at radius 1 is 0.436 bits per heavy atom. The maximum Gasteiger partial charge on any atom is 0.573 e. The molecule has 0 spiro atoms. The van der Waals surface area contributed by atoms with Gasteiger partial charge in [-0.2, -0.15) is 8.78 Å². The largest absolute Gasteiger partial charge is 0.573 e. The number of aromatic nitrogens is 2. The van der Waals surface area contributed by atoms with Gasteiger partial charge < -0.3 is 67.5 Å². The quantitative estimate of drug-likeness (QED) is 0.00778. The summed E-state index contributed by atoms with van der Waals surface area (Å²) in [5.41, 5.74) is 25.0.